The van der Waals surface area contributed by atoms with Crippen molar-refractivity contribution < 1.29 is 9.53 Å². The molecule has 7 heteroatoms. The molecule has 0 fully saturated rings. The van der Waals surface area contributed by atoms with Gasteiger partial charge in [0.2, 0.25) is 0 Å². The molecule has 3 heterocycles. The van der Waals surface area contributed by atoms with Crippen molar-refractivity contribution in [3.05, 3.63) is 75.6 Å². The minimum atomic E-state index is -1.31. The fourth-order valence-corrected chi connectivity index (χ4v) is 4.36. The number of nitrogens with zero attached hydrogens (tertiary/aromatic N) is 3. The van der Waals surface area contributed by atoms with Crippen molar-refractivity contribution >= 4 is 5.97 Å². The minimum Gasteiger partial charge on any atom is -0.467 e. The number of benzene rings is 1. The highest BCUT2D eigenvalue weighted by molar-refractivity contribution is 5.83. The Labute approximate surface area is 142 Å². The van der Waals surface area contributed by atoms with Gasteiger partial charge in [-0.1, -0.05) is 36.4 Å². The lowest BCUT2D eigenvalue weighted by atomic mass is 9.61. The van der Waals surface area contributed by atoms with Crippen molar-refractivity contribution in [2.24, 2.45) is 11.8 Å². The summed E-state index contributed by atoms with van der Waals surface area (Å²) in [6.07, 6.45) is 7.44. The van der Waals surface area contributed by atoms with Gasteiger partial charge in [0, 0.05) is 11.8 Å². The summed E-state index contributed by atoms with van der Waals surface area (Å²) in [4.78, 5) is 38.9. The molecule has 2 aliphatic carbocycles. The van der Waals surface area contributed by atoms with Crippen LogP contribution in [0.15, 0.2) is 64.2 Å². The maximum absolute atomic E-state index is 13.2. The molecule has 126 valence electrons. The van der Waals surface area contributed by atoms with E-state index in [0.717, 1.165) is 4.57 Å². The molecule has 4 aliphatic rings. The molecule has 0 unspecified atom stereocenters. The number of hydrogen-bond donors (Lipinski definition) is 0. The smallest absolute Gasteiger partial charge is 0.353 e. The third-order valence-electron chi connectivity index (χ3n) is 5.54. The van der Waals surface area contributed by atoms with Crippen molar-refractivity contribution in [2.75, 3.05) is 7.11 Å². The van der Waals surface area contributed by atoms with E-state index in [0.29, 0.717) is 5.69 Å². The third kappa shape index (κ3) is 1.45. The zero-order chi connectivity index (χ0) is 17.3. The Morgan fingerprint density at radius 3 is 2.48 bits per heavy atom. The molecule has 2 aliphatic heterocycles. The molecule has 0 saturated heterocycles. The van der Waals surface area contributed by atoms with Crippen molar-refractivity contribution in [1.82, 2.24) is 13.9 Å². The zero-order valence-electron chi connectivity index (χ0n) is 13.4. The number of carbonyl (C=O) groups is 1. The summed E-state index contributed by atoms with van der Waals surface area (Å²) in [5, 5.41) is 0. The van der Waals surface area contributed by atoms with Gasteiger partial charge in [-0.25, -0.2) is 28.3 Å². The van der Waals surface area contributed by atoms with Crippen LogP contribution in [-0.4, -0.2) is 27.0 Å². The summed E-state index contributed by atoms with van der Waals surface area (Å²) in [7, 11) is 1.30. The van der Waals surface area contributed by atoms with Crippen molar-refractivity contribution in [3.8, 4) is 5.69 Å². The van der Waals surface area contributed by atoms with E-state index in [1.54, 1.807) is 30.3 Å². The van der Waals surface area contributed by atoms with Crippen LogP contribution in [-0.2, 0) is 15.1 Å². The van der Waals surface area contributed by atoms with E-state index in [1.807, 2.05) is 24.3 Å². The number of methoxy groups -OCH3 is 1. The molecule has 25 heavy (non-hydrogen) atoms. The third-order valence-corrected chi connectivity index (χ3v) is 5.54. The van der Waals surface area contributed by atoms with Crippen LogP contribution in [0.4, 0.5) is 0 Å². The van der Waals surface area contributed by atoms with Crippen LogP contribution < -0.4 is 11.4 Å². The SMILES string of the molecule is COC(=O)[C@@]12C=C[C@@H]([C@H]3C=C[C@@H]31)n1c(=O)n(-c3ccccc3)c(=O)n12. The van der Waals surface area contributed by atoms with E-state index in [4.69, 9.17) is 4.74 Å². The molecule has 0 spiro atoms. The normalized spacial score (nSPS) is 30.5. The van der Waals surface area contributed by atoms with Crippen LogP contribution in [0, 0.1) is 11.8 Å². The lowest BCUT2D eigenvalue weighted by molar-refractivity contribution is -0.156. The number of hydrogen-bond acceptors (Lipinski definition) is 4. The first-order valence-electron chi connectivity index (χ1n) is 8.10. The molecular weight excluding hydrogens is 322 g/mol. The first kappa shape index (κ1) is 14.3. The summed E-state index contributed by atoms with van der Waals surface area (Å²) < 4.78 is 8.81. The number of aromatic nitrogens is 3. The fraction of sp³-hybridized carbons (Fsp3) is 0.278. The second-order valence-electron chi connectivity index (χ2n) is 6.55. The highest BCUT2D eigenvalue weighted by atomic mass is 16.5. The molecule has 0 amide bonds. The Morgan fingerprint density at radius 2 is 1.84 bits per heavy atom. The molecule has 1 aromatic carbocycles. The van der Waals surface area contributed by atoms with E-state index in [-0.39, 0.29) is 17.9 Å². The molecule has 0 N–H and O–H groups in total. The van der Waals surface area contributed by atoms with Gasteiger partial charge in [0.25, 0.3) is 0 Å². The number of allylic oxidation sites excluding steroid dienone is 3. The number of carbonyl (C=O) groups excluding carboxylic acids is 1. The van der Waals surface area contributed by atoms with Crippen molar-refractivity contribution in [1.29, 1.82) is 0 Å². The summed E-state index contributed by atoms with van der Waals surface area (Å²) in [5.74, 6) is -0.714. The average Bonchev–Trinajstić information content (AvgIpc) is 2.87. The maximum atomic E-state index is 13.2. The quantitative estimate of drug-likeness (QED) is 0.594. The zero-order valence-corrected chi connectivity index (χ0v) is 13.4. The van der Waals surface area contributed by atoms with Gasteiger partial charge in [-0.15, -0.1) is 0 Å². The lowest BCUT2D eigenvalue weighted by Gasteiger charge is -2.53. The summed E-state index contributed by atoms with van der Waals surface area (Å²) in [6, 6.07) is 8.46. The molecule has 7 nitrogen and oxygen atoms in total. The van der Waals surface area contributed by atoms with Crippen LogP contribution in [0.3, 0.4) is 0 Å². The van der Waals surface area contributed by atoms with E-state index < -0.39 is 22.9 Å². The number of ether oxygens (including phenoxy) is 1. The van der Waals surface area contributed by atoms with Crippen LogP contribution in [0.25, 0.3) is 5.69 Å². The standard InChI is InChI=1S/C18H15N3O4/c1-25-15(22)18-10-9-14(12-7-8-13(12)18)20-16(23)19(17(24)21(18)20)11-5-3-2-4-6-11/h2-10,12-14H,1H3/t12-,13-,14-,18+/m0/s1. The van der Waals surface area contributed by atoms with Gasteiger partial charge in [0.15, 0.2) is 5.54 Å². The van der Waals surface area contributed by atoms with Crippen LogP contribution >= 0.6 is 0 Å². The Morgan fingerprint density at radius 1 is 1.08 bits per heavy atom. The second-order valence-corrected chi connectivity index (χ2v) is 6.55. The van der Waals surface area contributed by atoms with Gasteiger partial charge in [-0.05, 0) is 18.2 Å². The Hall–Kier alpha value is -3.09. The molecule has 2 bridgehead atoms. The number of rotatable bonds is 2. The highest BCUT2D eigenvalue weighted by Crippen LogP contribution is 2.53. The van der Waals surface area contributed by atoms with Crippen LogP contribution in [0.5, 0.6) is 0 Å². The van der Waals surface area contributed by atoms with E-state index in [9.17, 15) is 14.4 Å². The summed E-state index contributed by atoms with van der Waals surface area (Å²) in [6.45, 7) is 0. The maximum Gasteiger partial charge on any atom is 0.353 e. The Balaban J connectivity index is 1.88. The monoisotopic (exact) mass is 337 g/mol. The first-order valence-corrected chi connectivity index (χ1v) is 8.10. The van der Waals surface area contributed by atoms with Gasteiger partial charge >= 0.3 is 17.3 Å². The van der Waals surface area contributed by atoms with E-state index in [2.05, 4.69) is 0 Å². The van der Waals surface area contributed by atoms with Gasteiger partial charge in [0.1, 0.15) is 0 Å². The summed E-state index contributed by atoms with van der Waals surface area (Å²) >= 11 is 0. The van der Waals surface area contributed by atoms with Crippen LogP contribution in [0.1, 0.15) is 6.04 Å². The molecule has 0 saturated carbocycles. The molecular formula is C18H15N3O4. The lowest BCUT2D eigenvalue weighted by Crippen LogP contribution is -2.64. The predicted octanol–water partition coefficient (Wildman–Crippen LogP) is 0.596. The minimum absolute atomic E-state index is 0.00724. The van der Waals surface area contributed by atoms with Gasteiger partial charge in [-0.3, -0.25) is 0 Å². The summed E-state index contributed by atoms with van der Waals surface area (Å²) in [5.41, 5.74) is -1.81. The molecule has 4 atom stereocenters. The first-order chi connectivity index (χ1) is 12.1. The number of esters is 1. The topological polar surface area (TPSA) is 75.2 Å². The Kier molecular flexibility index (Phi) is 2.57. The molecule has 6 rings (SSSR count). The molecule has 1 aromatic heterocycles. The largest absolute Gasteiger partial charge is 0.467 e. The van der Waals surface area contributed by atoms with Gasteiger partial charge < -0.3 is 4.74 Å². The van der Waals surface area contributed by atoms with E-state index >= 15 is 0 Å². The van der Waals surface area contributed by atoms with Gasteiger partial charge in [-0.2, -0.15) is 0 Å². The Bertz CT molecular complexity index is 1070. The van der Waals surface area contributed by atoms with Crippen molar-refractivity contribution in [2.45, 2.75) is 11.6 Å². The average molecular weight is 337 g/mol. The van der Waals surface area contributed by atoms with Crippen LogP contribution in [0.2, 0.25) is 0 Å². The van der Waals surface area contributed by atoms with Gasteiger partial charge in [0.05, 0.1) is 18.8 Å². The fourth-order valence-electron chi connectivity index (χ4n) is 4.36. The van der Waals surface area contributed by atoms with E-state index in [1.165, 1.54) is 16.5 Å². The van der Waals surface area contributed by atoms with Crippen molar-refractivity contribution in [3.63, 3.8) is 0 Å². The second kappa shape index (κ2) is 4.50. The predicted molar refractivity (Wildman–Crippen MR) is 88.6 cm³/mol. The number of para-hydroxylation sites is 1. The molecule has 2 aromatic rings. The molecule has 0 radical (unpaired) electrons. The highest BCUT2D eigenvalue weighted by Gasteiger charge is 2.61.